The lowest BCUT2D eigenvalue weighted by Crippen LogP contribution is -2.26. The second-order valence-corrected chi connectivity index (χ2v) is 9.11. The van der Waals surface area contributed by atoms with E-state index in [0.717, 1.165) is 56.9 Å². The second-order valence-electron chi connectivity index (χ2n) is 7.01. The molecular weight excluding hydrogens is 432 g/mol. The van der Waals surface area contributed by atoms with Crippen molar-refractivity contribution in [3.05, 3.63) is 63.3 Å². The molecule has 1 aliphatic heterocycles. The van der Waals surface area contributed by atoms with Crippen molar-refractivity contribution in [3.8, 4) is 16.8 Å². The van der Waals surface area contributed by atoms with E-state index in [1.807, 2.05) is 36.7 Å². The van der Waals surface area contributed by atoms with Gasteiger partial charge in [0.05, 0.1) is 25.4 Å². The highest BCUT2D eigenvalue weighted by Gasteiger charge is 2.33. The first-order valence-electron chi connectivity index (χ1n) is 10.1. The Balaban J connectivity index is 1.71. The molecule has 9 heteroatoms. The maximum absolute atomic E-state index is 11.1. The molecule has 1 aliphatic rings. The van der Waals surface area contributed by atoms with Crippen LogP contribution in [-0.4, -0.2) is 52.6 Å². The lowest BCUT2D eigenvalue weighted by molar-refractivity contribution is -0.384. The zero-order valence-electron chi connectivity index (χ0n) is 17.7. The fourth-order valence-corrected chi connectivity index (χ4v) is 5.77. The Morgan fingerprint density at radius 1 is 1.23 bits per heavy atom. The van der Waals surface area contributed by atoms with Crippen LogP contribution in [0.5, 0.6) is 0 Å². The Hall–Kier alpha value is -2.62. The third-order valence-corrected chi connectivity index (χ3v) is 7.70. The molecule has 2 aromatic heterocycles. The fraction of sp³-hybridized carbons (Fsp3) is 0.318. The monoisotopic (exact) mass is 456 g/mol. The molecule has 7 nitrogen and oxygen atoms in total. The van der Waals surface area contributed by atoms with Crippen LogP contribution in [0.25, 0.3) is 16.8 Å². The normalized spacial score (nSPS) is 13.6. The van der Waals surface area contributed by atoms with Gasteiger partial charge in [-0.25, -0.2) is 0 Å². The molecule has 0 aliphatic carbocycles. The molecule has 0 atom stereocenters. The van der Waals surface area contributed by atoms with Gasteiger partial charge in [0.25, 0.3) is 5.69 Å². The number of nitrogens with zero attached hydrogens (tertiary/aromatic N) is 4. The Bertz CT molecular complexity index is 1110. The van der Waals surface area contributed by atoms with Crippen molar-refractivity contribution >= 4 is 34.5 Å². The maximum atomic E-state index is 11.1. The summed E-state index contributed by atoms with van der Waals surface area (Å²) in [7, 11) is 0. The van der Waals surface area contributed by atoms with Gasteiger partial charge < -0.3 is 14.3 Å². The topological polar surface area (TPSA) is 72.9 Å². The first-order valence-corrected chi connectivity index (χ1v) is 12.2. The number of thioether (sulfide) groups is 1. The Morgan fingerprint density at radius 2 is 1.97 bits per heavy atom. The number of hydrogen-bond acceptors (Lipinski definition) is 7. The third kappa shape index (κ3) is 4.00. The molecule has 0 radical (unpaired) electrons. The molecule has 31 heavy (non-hydrogen) atoms. The van der Waals surface area contributed by atoms with E-state index >= 15 is 0 Å². The number of nitro groups is 1. The Kier molecular flexibility index (Phi) is 6.45. The fourth-order valence-electron chi connectivity index (χ4n) is 3.73. The number of thiophene rings is 1. The molecule has 0 unspecified atom stereocenters. The number of likely N-dealkylation sites (N-methyl/N-ethyl adjacent to an activating group) is 1. The average Bonchev–Trinajstić information content (AvgIpc) is 3.46. The van der Waals surface area contributed by atoms with E-state index in [-0.39, 0.29) is 10.6 Å². The van der Waals surface area contributed by atoms with E-state index < -0.39 is 0 Å². The molecule has 3 heterocycles. The van der Waals surface area contributed by atoms with Crippen molar-refractivity contribution in [2.75, 3.05) is 32.5 Å². The SMILES string of the molecule is CCN(CC)CCO/N=C1\c2sc(SC)c(-c3ccc([N+](=O)[O-])cc3)c2-n2cccc21. The maximum Gasteiger partial charge on any atom is 0.269 e. The van der Waals surface area contributed by atoms with E-state index in [1.54, 1.807) is 35.2 Å². The minimum absolute atomic E-state index is 0.0897. The van der Waals surface area contributed by atoms with Crippen LogP contribution in [0.3, 0.4) is 0 Å². The largest absolute Gasteiger partial charge is 0.394 e. The second kappa shape index (κ2) is 9.25. The van der Waals surface area contributed by atoms with Gasteiger partial charge in [-0.05, 0) is 49.2 Å². The number of hydrogen-bond donors (Lipinski definition) is 0. The summed E-state index contributed by atoms with van der Waals surface area (Å²) in [4.78, 5) is 19.8. The summed E-state index contributed by atoms with van der Waals surface area (Å²) in [5.41, 5.74) is 5.03. The van der Waals surface area contributed by atoms with Gasteiger partial charge >= 0.3 is 0 Å². The first kappa shape index (κ1) is 21.6. The van der Waals surface area contributed by atoms with Crippen molar-refractivity contribution in [1.29, 1.82) is 0 Å². The summed E-state index contributed by atoms with van der Waals surface area (Å²) in [5, 5.41) is 15.6. The van der Waals surface area contributed by atoms with Crippen LogP contribution in [0, 0.1) is 10.1 Å². The molecule has 0 bridgehead atoms. The lowest BCUT2D eigenvalue weighted by atomic mass is 10.1. The van der Waals surface area contributed by atoms with Crippen molar-refractivity contribution in [2.24, 2.45) is 5.16 Å². The third-order valence-electron chi connectivity index (χ3n) is 5.40. The van der Waals surface area contributed by atoms with Gasteiger partial charge in [-0.1, -0.05) is 19.0 Å². The van der Waals surface area contributed by atoms with Gasteiger partial charge in [-0.15, -0.1) is 23.1 Å². The number of benzene rings is 1. The van der Waals surface area contributed by atoms with Crippen LogP contribution < -0.4 is 0 Å². The molecule has 0 amide bonds. The summed E-state index contributed by atoms with van der Waals surface area (Å²) in [6.07, 6.45) is 4.07. The minimum Gasteiger partial charge on any atom is -0.394 e. The Labute approximate surface area is 189 Å². The van der Waals surface area contributed by atoms with Crippen molar-refractivity contribution in [3.63, 3.8) is 0 Å². The number of fused-ring (bicyclic) bond motifs is 3. The molecule has 3 aromatic rings. The first-order chi connectivity index (χ1) is 15.1. The number of nitro benzene ring substituents is 1. The highest BCUT2D eigenvalue weighted by Crippen LogP contribution is 2.48. The van der Waals surface area contributed by atoms with Crippen LogP contribution >= 0.6 is 23.1 Å². The summed E-state index contributed by atoms with van der Waals surface area (Å²) in [6, 6.07) is 10.8. The molecule has 0 N–H and O–H groups in total. The van der Waals surface area contributed by atoms with Gasteiger partial charge in [0.15, 0.2) is 0 Å². The molecule has 4 rings (SSSR count). The van der Waals surface area contributed by atoms with Gasteiger partial charge in [0, 0.05) is 30.4 Å². The molecule has 0 spiro atoms. The zero-order valence-corrected chi connectivity index (χ0v) is 19.3. The van der Waals surface area contributed by atoms with E-state index in [2.05, 4.69) is 28.5 Å². The van der Waals surface area contributed by atoms with Gasteiger partial charge in [-0.2, -0.15) is 0 Å². The minimum atomic E-state index is -0.373. The van der Waals surface area contributed by atoms with Crippen molar-refractivity contribution in [2.45, 2.75) is 18.1 Å². The van der Waals surface area contributed by atoms with Crippen LogP contribution in [0.15, 0.2) is 52.0 Å². The molecule has 0 saturated heterocycles. The van der Waals surface area contributed by atoms with E-state index in [4.69, 9.17) is 4.84 Å². The quantitative estimate of drug-likeness (QED) is 0.149. The Morgan fingerprint density at radius 3 is 2.61 bits per heavy atom. The zero-order chi connectivity index (χ0) is 22.0. The predicted octanol–water partition coefficient (Wildman–Crippen LogP) is 5.26. The highest BCUT2D eigenvalue weighted by atomic mass is 32.2. The van der Waals surface area contributed by atoms with Crippen LogP contribution in [0.2, 0.25) is 0 Å². The van der Waals surface area contributed by atoms with Crippen LogP contribution in [0.1, 0.15) is 24.4 Å². The summed E-state index contributed by atoms with van der Waals surface area (Å²) in [6.45, 7) is 7.64. The van der Waals surface area contributed by atoms with E-state index in [1.165, 1.54) is 0 Å². The molecule has 1 aromatic carbocycles. The number of oxime groups is 1. The van der Waals surface area contributed by atoms with E-state index in [9.17, 15) is 10.1 Å². The van der Waals surface area contributed by atoms with Crippen LogP contribution in [-0.2, 0) is 4.84 Å². The standard InChI is InChI=1S/C22H24N4O3S2/c1-4-24(5-2)13-14-29-23-19-17-7-6-12-25(17)20-18(22(30-3)31-21(19)20)15-8-10-16(11-9-15)26(27)28/h6-12H,4-5,13-14H2,1-3H3/b23-19-. The van der Waals surface area contributed by atoms with Gasteiger partial charge in [0.1, 0.15) is 12.3 Å². The number of rotatable bonds is 9. The lowest BCUT2D eigenvalue weighted by Gasteiger charge is -2.16. The number of aromatic nitrogens is 1. The predicted molar refractivity (Wildman–Crippen MR) is 127 cm³/mol. The average molecular weight is 457 g/mol. The highest BCUT2D eigenvalue weighted by molar-refractivity contribution is 8.00. The van der Waals surface area contributed by atoms with Crippen molar-refractivity contribution < 1.29 is 9.76 Å². The summed E-state index contributed by atoms with van der Waals surface area (Å²) in [5.74, 6) is 0. The summed E-state index contributed by atoms with van der Waals surface area (Å²) >= 11 is 3.36. The van der Waals surface area contributed by atoms with Crippen LogP contribution in [0.4, 0.5) is 5.69 Å². The van der Waals surface area contributed by atoms with E-state index in [0.29, 0.717) is 6.61 Å². The van der Waals surface area contributed by atoms with Crippen molar-refractivity contribution in [1.82, 2.24) is 9.47 Å². The number of non-ortho nitro benzene ring substituents is 1. The molecule has 0 saturated carbocycles. The molecular formula is C22H24N4O3S2. The van der Waals surface area contributed by atoms with Gasteiger partial charge in [0.2, 0.25) is 0 Å². The summed E-state index contributed by atoms with van der Waals surface area (Å²) < 4.78 is 3.28. The smallest absolute Gasteiger partial charge is 0.269 e. The molecule has 0 fully saturated rings. The van der Waals surface area contributed by atoms with Gasteiger partial charge in [-0.3, -0.25) is 10.1 Å². The molecule has 162 valence electrons.